The predicted molar refractivity (Wildman–Crippen MR) is 111 cm³/mol. The number of aliphatic carboxylic acids is 1. The van der Waals surface area contributed by atoms with Gasteiger partial charge in [-0.3, -0.25) is 9.59 Å². The first-order valence-electron chi connectivity index (χ1n) is 10.1. The largest absolute Gasteiger partial charge is 0.481 e. The van der Waals surface area contributed by atoms with E-state index < -0.39 is 12.1 Å². The minimum Gasteiger partial charge on any atom is -0.481 e. The van der Waals surface area contributed by atoms with E-state index >= 15 is 0 Å². The Bertz CT molecular complexity index is 728. The van der Waals surface area contributed by atoms with Gasteiger partial charge in [-0.25, -0.2) is 0 Å². The molecule has 1 amide bonds. The maximum Gasteiger partial charge on any atom is 0.303 e. The summed E-state index contributed by atoms with van der Waals surface area (Å²) < 4.78 is 5.14. The number of amides is 1. The molecule has 0 spiro atoms. The van der Waals surface area contributed by atoms with E-state index in [1.54, 1.807) is 18.1 Å². The highest BCUT2D eigenvalue weighted by Gasteiger charge is 2.28. The first-order valence-corrected chi connectivity index (χ1v) is 10.1. The van der Waals surface area contributed by atoms with Gasteiger partial charge in [-0.1, -0.05) is 48.6 Å². The van der Waals surface area contributed by atoms with Crippen molar-refractivity contribution in [3.8, 4) is 0 Å². The Labute approximate surface area is 172 Å². The van der Waals surface area contributed by atoms with E-state index in [-0.39, 0.29) is 18.4 Å². The Morgan fingerprint density at radius 1 is 1.34 bits per heavy atom. The summed E-state index contributed by atoms with van der Waals surface area (Å²) in [5, 5.41) is 19.0. The number of rotatable bonds is 12. The number of aliphatic hydroxyl groups excluding tert-OH is 1. The van der Waals surface area contributed by atoms with Crippen molar-refractivity contribution < 1.29 is 24.5 Å². The molecule has 2 atom stereocenters. The lowest BCUT2D eigenvalue weighted by molar-refractivity contribution is -0.137. The summed E-state index contributed by atoms with van der Waals surface area (Å²) >= 11 is 0. The molecule has 2 rings (SSSR count). The van der Waals surface area contributed by atoms with Gasteiger partial charge in [-0.15, -0.1) is 0 Å². The van der Waals surface area contributed by atoms with Crippen LogP contribution in [-0.4, -0.2) is 52.8 Å². The standard InChI is InChI=1S/C23H31NO5/c1-29-17-19-8-6-7-18(15-19)16-21(25)12-10-20-11-13-22(26)24(20)14-5-3-2-4-9-23(27)28/h3,5-8,10,12,15,20-21,25H,2,4,9,11,13-14,16-17H2,1H3,(H,27,28)/b5-3-,12-10+/t20?,21-/m1/s1. The Morgan fingerprint density at radius 3 is 2.90 bits per heavy atom. The summed E-state index contributed by atoms with van der Waals surface area (Å²) in [5.41, 5.74) is 2.12. The van der Waals surface area contributed by atoms with Crippen LogP contribution in [0.25, 0.3) is 0 Å². The summed E-state index contributed by atoms with van der Waals surface area (Å²) in [5.74, 6) is -0.682. The zero-order valence-electron chi connectivity index (χ0n) is 17.0. The first kappa shape index (κ1) is 22.8. The van der Waals surface area contributed by atoms with Crippen LogP contribution in [0.1, 0.15) is 43.2 Å². The summed E-state index contributed by atoms with van der Waals surface area (Å²) in [6, 6.07) is 7.95. The fourth-order valence-corrected chi connectivity index (χ4v) is 3.45. The lowest BCUT2D eigenvalue weighted by atomic mass is 10.0. The van der Waals surface area contributed by atoms with E-state index in [1.165, 1.54) is 0 Å². The third-order valence-electron chi connectivity index (χ3n) is 4.91. The highest BCUT2D eigenvalue weighted by Crippen LogP contribution is 2.20. The van der Waals surface area contributed by atoms with Gasteiger partial charge in [0.2, 0.25) is 5.91 Å². The van der Waals surface area contributed by atoms with Crippen LogP contribution in [0.5, 0.6) is 0 Å². The zero-order valence-corrected chi connectivity index (χ0v) is 17.0. The van der Waals surface area contributed by atoms with Crippen molar-refractivity contribution in [1.29, 1.82) is 0 Å². The minimum absolute atomic E-state index is 0.0133. The van der Waals surface area contributed by atoms with Crippen LogP contribution in [0.2, 0.25) is 0 Å². The van der Waals surface area contributed by atoms with Crippen LogP contribution in [0.15, 0.2) is 48.6 Å². The molecule has 158 valence electrons. The number of benzene rings is 1. The molecule has 1 aromatic rings. The number of ether oxygens (including phenoxy) is 1. The maximum absolute atomic E-state index is 12.1. The lowest BCUT2D eigenvalue weighted by Crippen LogP contribution is -2.32. The molecule has 0 saturated carbocycles. The van der Waals surface area contributed by atoms with Gasteiger partial charge in [-0.2, -0.15) is 0 Å². The van der Waals surface area contributed by atoms with Crippen molar-refractivity contribution in [1.82, 2.24) is 4.90 Å². The molecule has 1 aliphatic heterocycles. The number of unbranched alkanes of at least 4 members (excludes halogenated alkanes) is 1. The van der Waals surface area contributed by atoms with Crippen LogP contribution in [0.4, 0.5) is 0 Å². The van der Waals surface area contributed by atoms with E-state index in [0.29, 0.717) is 38.8 Å². The number of hydrogen-bond acceptors (Lipinski definition) is 4. The molecule has 0 aliphatic carbocycles. The number of carbonyl (C=O) groups excluding carboxylic acids is 1. The van der Waals surface area contributed by atoms with Crippen molar-refractivity contribution in [2.75, 3.05) is 13.7 Å². The van der Waals surface area contributed by atoms with Gasteiger partial charge in [0, 0.05) is 32.9 Å². The Hall–Kier alpha value is -2.44. The summed E-state index contributed by atoms with van der Waals surface area (Å²) in [6.45, 7) is 1.05. The number of likely N-dealkylation sites (tertiary alicyclic amines) is 1. The highest BCUT2D eigenvalue weighted by atomic mass is 16.5. The molecule has 0 radical (unpaired) electrons. The molecule has 0 aromatic heterocycles. The van der Waals surface area contributed by atoms with Gasteiger partial charge in [0.15, 0.2) is 0 Å². The number of carboxylic acids is 1. The molecule has 6 nitrogen and oxygen atoms in total. The molecule has 1 unspecified atom stereocenters. The monoisotopic (exact) mass is 401 g/mol. The quantitative estimate of drug-likeness (QED) is 0.415. The van der Waals surface area contributed by atoms with Gasteiger partial charge in [0.05, 0.1) is 18.8 Å². The lowest BCUT2D eigenvalue weighted by Gasteiger charge is -2.21. The highest BCUT2D eigenvalue weighted by molar-refractivity contribution is 5.79. The zero-order chi connectivity index (χ0) is 21.1. The van der Waals surface area contributed by atoms with E-state index in [4.69, 9.17) is 9.84 Å². The molecule has 1 heterocycles. The molecular formula is C23H31NO5. The van der Waals surface area contributed by atoms with Crippen LogP contribution < -0.4 is 0 Å². The van der Waals surface area contributed by atoms with Gasteiger partial charge in [0.25, 0.3) is 0 Å². The van der Waals surface area contributed by atoms with Gasteiger partial charge >= 0.3 is 5.97 Å². The van der Waals surface area contributed by atoms with Gasteiger partial charge < -0.3 is 19.8 Å². The molecule has 0 bridgehead atoms. The maximum atomic E-state index is 12.1. The Balaban J connectivity index is 1.84. The molecule has 29 heavy (non-hydrogen) atoms. The number of allylic oxidation sites excluding steroid dienone is 1. The second-order valence-corrected chi connectivity index (χ2v) is 7.32. The van der Waals surface area contributed by atoms with Crippen LogP contribution in [0.3, 0.4) is 0 Å². The molecular weight excluding hydrogens is 370 g/mol. The van der Waals surface area contributed by atoms with E-state index in [0.717, 1.165) is 17.5 Å². The number of hydrogen-bond donors (Lipinski definition) is 2. The normalized spacial score (nSPS) is 18.2. The van der Waals surface area contributed by atoms with Gasteiger partial charge in [0.1, 0.15) is 0 Å². The summed E-state index contributed by atoms with van der Waals surface area (Å²) in [6.07, 6.45) is 10.1. The molecule has 2 N–H and O–H groups in total. The van der Waals surface area contributed by atoms with Crippen molar-refractivity contribution in [2.24, 2.45) is 0 Å². The molecule has 6 heteroatoms. The minimum atomic E-state index is -0.790. The summed E-state index contributed by atoms with van der Waals surface area (Å²) in [4.78, 5) is 24.4. The molecule has 1 fully saturated rings. The number of carboxylic acid groups (broad SMARTS) is 1. The van der Waals surface area contributed by atoms with Gasteiger partial charge in [-0.05, 0) is 30.4 Å². The van der Waals surface area contributed by atoms with Crippen LogP contribution in [-0.2, 0) is 27.4 Å². The smallest absolute Gasteiger partial charge is 0.303 e. The van der Waals surface area contributed by atoms with Crippen molar-refractivity contribution in [2.45, 2.75) is 57.3 Å². The Kier molecular flexibility index (Phi) is 9.60. The van der Waals surface area contributed by atoms with Crippen molar-refractivity contribution >= 4 is 11.9 Å². The topological polar surface area (TPSA) is 87.1 Å². The SMILES string of the molecule is COCc1cccc(C[C@H](O)/C=C/C2CCC(=O)N2C/C=C\CCCC(=O)O)c1. The van der Waals surface area contributed by atoms with Crippen LogP contribution >= 0.6 is 0 Å². The number of methoxy groups -OCH3 is 1. The van der Waals surface area contributed by atoms with Crippen LogP contribution in [0, 0.1) is 0 Å². The fourth-order valence-electron chi connectivity index (χ4n) is 3.45. The van der Waals surface area contributed by atoms with Crippen molar-refractivity contribution in [3.63, 3.8) is 0 Å². The average Bonchev–Trinajstić information content (AvgIpc) is 3.03. The van der Waals surface area contributed by atoms with E-state index in [1.807, 2.05) is 42.5 Å². The predicted octanol–water partition coefficient (Wildman–Crippen LogP) is 3.09. The average molecular weight is 402 g/mol. The Morgan fingerprint density at radius 2 is 2.14 bits per heavy atom. The molecule has 1 saturated heterocycles. The number of aliphatic hydroxyl groups is 1. The fraction of sp³-hybridized carbons (Fsp3) is 0.478. The van der Waals surface area contributed by atoms with E-state index in [9.17, 15) is 14.7 Å². The number of carbonyl (C=O) groups is 2. The van der Waals surface area contributed by atoms with E-state index in [2.05, 4.69) is 0 Å². The second-order valence-electron chi connectivity index (χ2n) is 7.32. The first-order chi connectivity index (χ1) is 14.0. The third kappa shape index (κ3) is 8.21. The number of nitrogens with zero attached hydrogens (tertiary/aromatic N) is 1. The van der Waals surface area contributed by atoms with Crippen molar-refractivity contribution in [3.05, 3.63) is 59.7 Å². The molecule has 1 aliphatic rings. The third-order valence-corrected chi connectivity index (χ3v) is 4.91. The summed E-state index contributed by atoms with van der Waals surface area (Å²) in [7, 11) is 1.66. The second kappa shape index (κ2) is 12.2. The molecule has 1 aromatic carbocycles.